The molecule has 0 aliphatic rings. The van der Waals surface area contributed by atoms with Gasteiger partial charge in [-0.25, -0.2) is 14.7 Å². The van der Waals surface area contributed by atoms with Crippen LogP contribution in [0.1, 0.15) is 31.2 Å². The van der Waals surface area contributed by atoms with Gasteiger partial charge in [0.1, 0.15) is 6.61 Å². The predicted octanol–water partition coefficient (Wildman–Crippen LogP) is 6.37. The molecule has 0 radical (unpaired) electrons. The Morgan fingerprint density at radius 2 is 1.31 bits per heavy atom. The van der Waals surface area contributed by atoms with E-state index in [1.807, 2.05) is 12.1 Å². The van der Waals surface area contributed by atoms with Crippen LogP contribution in [-0.4, -0.2) is 52.6 Å². The van der Waals surface area contributed by atoms with Gasteiger partial charge in [-0.2, -0.15) is 39.5 Å². The zero-order chi connectivity index (χ0) is 26.3. The van der Waals surface area contributed by atoms with Crippen LogP contribution in [0.2, 0.25) is 0 Å². The van der Waals surface area contributed by atoms with Crippen molar-refractivity contribution in [3.05, 3.63) is 42.2 Å². The lowest BCUT2D eigenvalue weighted by molar-refractivity contribution is -0.487. The van der Waals surface area contributed by atoms with Crippen molar-refractivity contribution in [1.29, 1.82) is 0 Å². The Hall–Kier alpha value is -2.61. The molecule has 0 fully saturated rings. The number of aromatic hydroxyl groups is 1. The molecule has 0 saturated heterocycles. The monoisotopic (exact) mass is 520 g/mol. The number of nitrogens with zero attached hydrogens (tertiary/aromatic N) is 2. The molecular weight excluding hydrogens is 499 g/mol. The molecule has 1 heterocycles. The summed E-state index contributed by atoms with van der Waals surface area (Å²) in [6.07, 6.45) is -13.9. The minimum atomic E-state index is -6.59. The molecule has 196 valence electrons. The number of alkyl halides is 9. The smallest absolute Gasteiger partial charge is 0.483 e. The summed E-state index contributed by atoms with van der Waals surface area (Å²) in [5, 5.41) is 9.21. The fourth-order valence-electron chi connectivity index (χ4n) is 2.76. The summed E-state index contributed by atoms with van der Waals surface area (Å²) in [7, 11) is 0. The molecule has 0 bridgehead atoms. The number of benzene rings is 1. The molecule has 2 rings (SSSR count). The topological polar surface area (TPSA) is 64.5 Å². The van der Waals surface area contributed by atoms with E-state index < -0.39 is 37.5 Å². The summed E-state index contributed by atoms with van der Waals surface area (Å²) >= 11 is 0. The van der Waals surface area contributed by atoms with Crippen LogP contribution in [0.25, 0.3) is 11.4 Å². The maximum absolute atomic E-state index is 13.4. The van der Waals surface area contributed by atoms with Gasteiger partial charge < -0.3 is 9.84 Å². The minimum Gasteiger partial charge on any atom is -0.505 e. The van der Waals surface area contributed by atoms with E-state index in [-0.39, 0.29) is 12.2 Å². The molecule has 5 nitrogen and oxygen atoms in total. The van der Waals surface area contributed by atoms with Crippen molar-refractivity contribution in [2.24, 2.45) is 0 Å². The number of ether oxygens (including phenoxy) is 2. The van der Waals surface area contributed by atoms with E-state index in [9.17, 15) is 44.6 Å². The molecule has 14 heteroatoms. The first kappa shape index (κ1) is 28.6. The molecule has 2 aromatic rings. The molecule has 0 saturated carbocycles. The van der Waals surface area contributed by atoms with Gasteiger partial charge in [0.25, 0.3) is 0 Å². The van der Waals surface area contributed by atoms with E-state index >= 15 is 0 Å². The van der Waals surface area contributed by atoms with Crippen molar-refractivity contribution in [2.45, 2.75) is 56.4 Å². The van der Waals surface area contributed by atoms with Crippen molar-refractivity contribution in [2.75, 3.05) is 13.2 Å². The predicted molar refractivity (Wildman–Crippen MR) is 104 cm³/mol. The number of rotatable bonds is 13. The third-order valence-corrected chi connectivity index (χ3v) is 4.65. The highest BCUT2D eigenvalue weighted by Crippen LogP contribution is 2.45. The summed E-state index contributed by atoms with van der Waals surface area (Å²) < 4.78 is 120. The Morgan fingerprint density at radius 3 is 1.89 bits per heavy atom. The Labute approximate surface area is 193 Å². The van der Waals surface area contributed by atoms with Crippen molar-refractivity contribution in [3.63, 3.8) is 0 Å². The summed E-state index contributed by atoms with van der Waals surface area (Å²) in [4.78, 5) is 7.99. The fourth-order valence-corrected chi connectivity index (χ4v) is 2.76. The highest BCUT2D eigenvalue weighted by Gasteiger charge is 2.70. The van der Waals surface area contributed by atoms with E-state index in [2.05, 4.69) is 19.4 Å². The first-order valence-corrected chi connectivity index (χ1v) is 10.2. The van der Waals surface area contributed by atoms with Crippen LogP contribution in [0.3, 0.4) is 0 Å². The van der Waals surface area contributed by atoms with Gasteiger partial charge in [0, 0.05) is 12.2 Å². The first-order valence-electron chi connectivity index (χ1n) is 10.2. The molecule has 0 unspecified atom stereocenters. The van der Waals surface area contributed by atoms with Crippen molar-refractivity contribution in [1.82, 2.24) is 9.97 Å². The summed E-state index contributed by atoms with van der Waals surface area (Å²) in [5.41, 5.74) is 1.75. The molecule has 0 aliphatic heterocycles. The van der Waals surface area contributed by atoms with Crippen molar-refractivity contribution in [3.8, 4) is 17.1 Å². The third kappa shape index (κ3) is 8.23. The standard InChI is InChI=1S/C21H21F9N2O3/c22-18(23,20(27,28)35-21(29,30)19(24,25)26)13-34-10-4-2-1-3-5-14-6-8-15(9-7-14)17-31-11-16(33)12-32-17/h6-9,11-12,33H,1-5,10,13H2. The van der Waals surface area contributed by atoms with Gasteiger partial charge in [-0.05, 0) is 24.8 Å². The average Bonchev–Trinajstić information content (AvgIpc) is 2.75. The molecule has 35 heavy (non-hydrogen) atoms. The second-order valence-electron chi connectivity index (χ2n) is 7.52. The van der Waals surface area contributed by atoms with Crippen LogP contribution in [0.15, 0.2) is 36.7 Å². The summed E-state index contributed by atoms with van der Waals surface area (Å²) in [5.74, 6) is -5.01. The zero-order valence-electron chi connectivity index (χ0n) is 18.0. The highest BCUT2D eigenvalue weighted by molar-refractivity contribution is 5.55. The van der Waals surface area contributed by atoms with Crippen LogP contribution in [0.4, 0.5) is 39.5 Å². The Kier molecular flexibility index (Phi) is 9.34. The largest absolute Gasteiger partial charge is 0.505 e. The van der Waals surface area contributed by atoms with Gasteiger partial charge in [-0.15, -0.1) is 0 Å². The Bertz CT molecular complexity index is 921. The van der Waals surface area contributed by atoms with Gasteiger partial charge >= 0.3 is 24.3 Å². The second kappa shape index (κ2) is 11.4. The number of hydrogen-bond donors (Lipinski definition) is 1. The van der Waals surface area contributed by atoms with Crippen LogP contribution < -0.4 is 0 Å². The first-order chi connectivity index (χ1) is 16.1. The third-order valence-electron chi connectivity index (χ3n) is 4.65. The number of aryl methyl sites for hydroxylation is 1. The Balaban J connectivity index is 1.65. The molecule has 1 N–H and O–H groups in total. The maximum Gasteiger partial charge on any atom is 0.483 e. The van der Waals surface area contributed by atoms with Gasteiger partial charge in [-0.3, -0.25) is 0 Å². The second-order valence-corrected chi connectivity index (χ2v) is 7.52. The molecule has 0 atom stereocenters. The lowest BCUT2D eigenvalue weighted by Crippen LogP contribution is -2.53. The number of aromatic nitrogens is 2. The lowest BCUT2D eigenvalue weighted by Gasteiger charge is -2.30. The molecule has 0 spiro atoms. The fraction of sp³-hybridized carbons (Fsp3) is 0.524. The lowest BCUT2D eigenvalue weighted by atomic mass is 10.0. The van der Waals surface area contributed by atoms with Gasteiger partial charge in [0.2, 0.25) is 0 Å². The van der Waals surface area contributed by atoms with E-state index in [1.165, 1.54) is 12.4 Å². The minimum absolute atomic E-state index is 0.0537. The van der Waals surface area contributed by atoms with Gasteiger partial charge in [-0.1, -0.05) is 37.1 Å². The van der Waals surface area contributed by atoms with E-state index in [0.717, 1.165) is 11.1 Å². The maximum atomic E-state index is 13.4. The van der Waals surface area contributed by atoms with E-state index in [4.69, 9.17) is 0 Å². The quantitative estimate of drug-likeness (QED) is 0.246. The number of halogens is 9. The highest BCUT2D eigenvalue weighted by atomic mass is 19.4. The normalized spacial score (nSPS) is 13.3. The van der Waals surface area contributed by atoms with Gasteiger partial charge in [0.15, 0.2) is 11.6 Å². The SMILES string of the molecule is Oc1cnc(-c2ccc(CCCCCCOCC(F)(F)C(F)(F)OC(F)(F)C(F)(F)F)cc2)nc1. The van der Waals surface area contributed by atoms with Crippen LogP contribution in [0.5, 0.6) is 5.75 Å². The van der Waals surface area contributed by atoms with Crippen LogP contribution in [0, 0.1) is 0 Å². The molecular formula is C21H21F9N2O3. The molecule has 1 aromatic carbocycles. The van der Waals surface area contributed by atoms with Crippen LogP contribution >= 0.6 is 0 Å². The van der Waals surface area contributed by atoms with E-state index in [0.29, 0.717) is 31.5 Å². The molecule has 1 aromatic heterocycles. The number of hydrogen-bond acceptors (Lipinski definition) is 5. The number of unbranched alkanes of at least 4 members (excludes halogenated alkanes) is 3. The Morgan fingerprint density at radius 1 is 0.743 bits per heavy atom. The van der Waals surface area contributed by atoms with Crippen LogP contribution in [-0.2, 0) is 15.9 Å². The molecule has 0 aliphatic carbocycles. The average molecular weight is 520 g/mol. The van der Waals surface area contributed by atoms with Gasteiger partial charge in [0.05, 0.1) is 12.4 Å². The summed E-state index contributed by atoms with van der Waals surface area (Å²) in [6.45, 7) is -2.52. The van der Waals surface area contributed by atoms with Crippen molar-refractivity contribution >= 4 is 0 Å². The van der Waals surface area contributed by atoms with E-state index in [1.54, 1.807) is 12.1 Å². The summed E-state index contributed by atoms with van der Waals surface area (Å²) in [6, 6.07) is 7.34. The zero-order valence-corrected chi connectivity index (χ0v) is 18.0. The van der Waals surface area contributed by atoms with Crippen molar-refractivity contribution < 1.29 is 54.1 Å². The molecule has 0 amide bonds.